The number of hydrogen-bond acceptors (Lipinski definition) is 5. The summed E-state index contributed by atoms with van der Waals surface area (Å²) in [5, 5.41) is 2.89. The second-order valence-electron chi connectivity index (χ2n) is 8.55. The Morgan fingerprint density at radius 1 is 0.895 bits per heavy atom. The third-order valence-electron chi connectivity index (χ3n) is 5.77. The van der Waals surface area contributed by atoms with E-state index in [4.69, 9.17) is 4.74 Å². The molecule has 0 atom stereocenters. The number of aryl methyl sites for hydroxylation is 1. The van der Waals surface area contributed by atoms with Crippen molar-refractivity contribution >= 4 is 39.1 Å². The van der Waals surface area contributed by atoms with Crippen molar-refractivity contribution < 1.29 is 17.9 Å². The van der Waals surface area contributed by atoms with Crippen LogP contribution in [-0.2, 0) is 20.6 Å². The molecule has 38 heavy (non-hydrogen) atoms. The third-order valence-corrected chi connectivity index (χ3v) is 8.64. The molecule has 0 unspecified atom stereocenters. The number of para-hydroxylation sites is 1. The van der Waals surface area contributed by atoms with E-state index in [2.05, 4.69) is 17.4 Å². The first kappa shape index (κ1) is 27.3. The molecular formula is C30H30N2O4S2. The number of rotatable bonds is 11. The number of benzene rings is 4. The average Bonchev–Trinajstić information content (AvgIpc) is 2.93. The van der Waals surface area contributed by atoms with Gasteiger partial charge >= 0.3 is 0 Å². The van der Waals surface area contributed by atoms with Gasteiger partial charge in [-0.2, -0.15) is 0 Å². The van der Waals surface area contributed by atoms with Gasteiger partial charge in [-0.15, -0.1) is 11.8 Å². The van der Waals surface area contributed by atoms with Crippen LogP contribution in [0, 0.1) is 6.92 Å². The lowest BCUT2D eigenvalue weighted by Gasteiger charge is -2.24. The smallest absolute Gasteiger partial charge is 0.264 e. The fraction of sp³-hybridized carbons (Fsp3) is 0.167. The van der Waals surface area contributed by atoms with Crippen molar-refractivity contribution in [3.63, 3.8) is 0 Å². The Morgan fingerprint density at radius 3 is 2.18 bits per heavy atom. The molecule has 1 N–H and O–H groups in total. The van der Waals surface area contributed by atoms with Gasteiger partial charge in [-0.3, -0.25) is 9.10 Å². The van der Waals surface area contributed by atoms with Crippen LogP contribution in [0.2, 0.25) is 0 Å². The summed E-state index contributed by atoms with van der Waals surface area (Å²) in [5.41, 5.74) is 3.10. The first-order valence-corrected chi connectivity index (χ1v) is 14.7. The Morgan fingerprint density at radius 2 is 1.55 bits per heavy atom. The van der Waals surface area contributed by atoms with Crippen LogP contribution in [0.5, 0.6) is 5.75 Å². The lowest BCUT2D eigenvalue weighted by atomic mass is 10.1. The molecule has 0 heterocycles. The molecule has 0 aliphatic heterocycles. The van der Waals surface area contributed by atoms with Gasteiger partial charge in [0.1, 0.15) is 12.3 Å². The van der Waals surface area contributed by atoms with E-state index in [1.165, 1.54) is 17.0 Å². The van der Waals surface area contributed by atoms with Crippen LogP contribution >= 0.6 is 11.8 Å². The molecule has 0 fully saturated rings. The number of hydrogen-bond donors (Lipinski definition) is 1. The molecule has 0 spiro atoms. The quantitative estimate of drug-likeness (QED) is 0.217. The van der Waals surface area contributed by atoms with Crippen LogP contribution in [0.25, 0.3) is 0 Å². The van der Waals surface area contributed by atoms with E-state index in [0.717, 1.165) is 21.2 Å². The first-order valence-electron chi connectivity index (χ1n) is 12.2. The topological polar surface area (TPSA) is 75.7 Å². The Balaban J connectivity index is 1.49. The predicted molar refractivity (Wildman–Crippen MR) is 154 cm³/mol. The van der Waals surface area contributed by atoms with Crippen molar-refractivity contribution in [2.75, 3.05) is 22.8 Å². The first-order chi connectivity index (χ1) is 18.4. The average molecular weight is 547 g/mol. The minimum atomic E-state index is -4.01. The van der Waals surface area contributed by atoms with Gasteiger partial charge in [0, 0.05) is 16.3 Å². The number of amides is 1. The van der Waals surface area contributed by atoms with Crippen LogP contribution in [-0.4, -0.2) is 27.5 Å². The maximum Gasteiger partial charge on any atom is 0.264 e. The molecule has 0 radical (unpaired) electrons. The highest BCUT2D eigenvalue weighted by Gasteiger charge is 2.27. The number of anilines is 2. The van der Waals surface area contributed by atoms with Crippen molar-refractivity contribution in [1.82, 2.24) is 0 Å². The summed E-state index contributed by atoms with van der Waals surface area (Å²) < 4.78 is 33.7. The highest BCUT2D eigenvalue weighted by molar-refractivity contribution is 7.98. The Labute approximate surface area is 228 Å². The normalized spacial score (nSPS) is 11.1. The van der Waals surface area contributed by atoms with E-state index in [1.54, 1.807) is 54.2 Å². The maximum absolute atomic E-state index is 13.6. The standard InChI is InChI=1S/C30H30N2O4S2/c1-3-36-26-15-17-28(18-16-26)38(34,35)32(25-10-6-4-7-11-25)21-30(33)31-29-19-14-24(20-23(29)2)22-37-27-12-8-5-9-13-27/h4-20H,3,21-22H2,1-2H3,(H,31,33). The molecule has 0 aliphatic carbocycles. The van der Waals surface area contributed by atoms with E-state index < -0.39 is 15.9 Å². The summed E-state index contributed by atoms with van der Waals surface area (Å²) in [4.78, 5) is 14.4. The molecule has 8 heteroatoms. The Kier molecular flexibility index (Phi) is 9.10. The van der Waals surface area contributed by atoms with Gasteiger partial charge in [0.05, 0.1) is 17.2 Å². The van der Waals surface area contributed by atoms with E-state index >= 15 is 0 Å². The summed E-state index contributed by atoms with van der Waals surface area (Å²) in [6, 6.07) is 30.9. The highest BCUT2D eigenvalue weighted by atomic mass is 32.2. The number of thioether (sulfide) groups is 1. The molecule has 4 rings (SSSR count). The van der Waals surface area contributed by atoms with Gasteiger partial charge in [-0.05, 0) is 79.6 Å². The monoisotopic (exact) mass is 546 g/mol. The number of ether oxygens (including phenoxy) is 1. The molecule has 0 aliphatic rings. The molecule has 1 amide bonds. The van der Waals surface area contributed by atoms with Crippen molar-refractivity contribution in [3.8, 4) is 5.75 Å². The van der Waals surface area contributed by atoms with Gasteiger partial charge in [-0.25, -0.2) is 8.42 Å². The van der Waals surface area contributed by atoms with Crippen molar-refractivity contribution in [3.05, 3.63) is 114 Å². The van der Waals surface area contributed by atoms with Crippen molar-refractivity contribution in [2.45, 2.75) is 29.4 Å². The molecule has 0 saturated carbocycles. The largest absolute Gasteiger partial charge is 0.494 e. The molecule has 6 nitrogen and oxygen atoms in total. The summed E-state index contributed by atoms with van der Waals surface area (Å²) in [5.74, 6) is 0.954. The van der Waals surface area contributed by atoms with Crippen LogP contribution in [0.1, 0.15) is 18.1 Å². The Hall–Kier alpha value is -3.75. The number of carbonyl (C=O) groups excluding carboxylic acids is 1. The van der Waals surface area contributed by atoms with Gasteiger partial charge in [-0.1, -0.05) is 48.5 Å². The highest BCUT2D eigenvalue weighted by Crippen LogP contribution is 2.27. The third kappa shape index (κ3) is 6.96. The maximum atomic E-state index is 13.6. The van der Waals surface area contributed by atoms with Crippen LogP contribution < -0.4 is 14.4 Å². The van der Waals surface area contributed by atoms with Gasteiger partial charge < -0.3 is 10.1 Å². The summed E-state index contributed by atoms with van der Waals surface area (Å²) in [6.07, 6.45) is 0. The second-order valence-corrected chi connectivity index (χ2v) is 11.5. The van der Waals surface area contributed by atoms with E-state index in [1.807, 2.05) is 50.2 Å². The lowest BCUT2D eigenvalue weighted by molar-refractivity contribution is -0.114. The predicted octanol–water partition coefficient (Wildman–Crippen LogP) is 6.52. The zero-order chi connectivity index (χ0) is 27.0. The minimum absolute atomic E-state index is 0.0778. The summed E-state index contributed by atoms with van der Waals surface area (Å²) in [7, 11) is -4.01. The van der Waals surface area contributed by atoms with Gasteiger partial charge in [0.25, 0.3) is 10.0 Å². The number of sulfonamides is 1. The second kappa shape index (κ2) is 12.7. The Bertz CT molecular complexity index is 1460. The van der Waals surface area contributed by atoms with Gasteiger partial charge in [0.15, 0.2) is 0 Å². The van der Waals surface area contributed by atoms with Crippen molar-refractivity contribution in [2.24, 2.45) is 0 Å². The zero-order valence-corrected chi connectivity index (χ0v) is 23.0. The molecule has 0 aromatic heterocycles. The van der Waals surface area contributed by atoms with Gasteiger partial charge in [0.2, 0.25) is 5.91 Å². The molecular weight excluding hydrogens is 516 g/mol. The van der Waals surface area contributed by atoms with Crippen LogP contribution in [0.15, 0.2) is 113 Å². The number of carbonyl (C=O) groups is 1. The molecule has 0 bridgehead atoms. The zero-order valence-electron chi connectivity index (χ0n) is 21.3. The fourth-order valence-electron chi connectivity index (χ4n) is 3.87. The molecule has 4 aromatic carbocycles. The van der Waals surface area contributed by atoms with E-state index in [-0.39, 0.29) is 11.4 Å². The number of nitrogens with zero attached hydrogens (tertiary/aromatic N) is 1. The summed E-state index contributed by atoms with van der Waals surface area (Å²) >= 11 is 1.74. The van der Waals surface area contributed by atoms with E-state index in [0.29, 0.717) is 23.7 Å². The molecule has 196 valence electrons. The SMILES string of the molecule is CCOc1ccc(S(=O)(=O)N(CC(=O)Nc2ccc(CSc3ccccc3)cc2C)c2ccccc2)cc1. The van der Waals surface area contributed by atoms with Crippen LogP contribution in [0.3, 0.4) is 0 Å². The van der Waals surface area contributed by atoms with Crippen molar-refractivity contribution in [1.29, 1.82) is 0 Å². The van der Waals surface area contributed by atoms with E-state index in [9.17, 15) is 13.2 Å². The van der Waals surface area contributed by atoms with Crippen LogP contribution in [0.4, 0.5) is 11.4 Å². The molecule has 4 aromatic rings. The number of nitrogens with one attached hydrogen (secondary N) is 1. The minimum Gasteiger partial charge on any atom is -0.494 e. The summed E-state index contributed by atoms with van der Waals surface area (Å²) in [6.45, 7) is 3.90. The molecule has 0 saturated heterocycles. The fourth-order valence-corrected chi connectivity index (χ4v) is 6.15. The lowest BCUT2D eigenvalue weighted by Crippen LogP contribution is -2.38.